The first-order valence-corrected chi connectivity index (χ1v) is 7.12. The lowest BCUT2D eigenvalue weighted by atomic mass is 10.1. The van der Waals surface area contributed by atoms with E-state index in [1.165, 1.54) is 0 Å². The van der Waals surface area contributed by atoms with E-state index in [0.717, 1.165) is 17.0 Å². The fourth-order valence-corrected chi connectivity index (χ4v) is 2.37. The van der Waals surface area contributed by atoms with Crippen molar-refractivity contribution < 1.29 is 14.3 Å². The van der Waals surface area contributed by atoms with Crippen molar-refractivity contribution in [1.29, 1.82) is 0 Å². The van der Waals surface area contributed by atoms with E-state index in [4.69, 9.17) is 4.74 Å². The van der Waals surface area contributed by atoms with Gasteiger partial charge in [-0.1, -0.05) is 0 Å². The van der Waals surface area contributed by atoms with Crippen LogP contribution in [0.4, 0.5) is 11.4 Å². The molecule has 1 aliphatic rings. The number of hydrogen-bond acceptors (Lipinski definition) is 3. The molecule has 5 heteroatoms. The second-order valence-electron chi connectivity index (χ2n) is 5.01. The molecule has 2 aromatic rings. The topological polar surface area (TPSA) is 67.4 Å². The molecule has 0 atom stereocenters. The van der Waals surface area contributed by atoms with Crippen LogP contribution >= 0.6 is 0 Å². The van der Waals surface area contributed by atoms with Gasteiger partial charge in [0, 0.05) is 16.9 Å². The molecule has 1 heterocycles. The Hall–Kier alpha value is -2.82. The normalized spacial score (nSPS) is 12.5. The molecule has 22 heavy (non-hydrogen) atoms. The van der Waals surface area contributed by atoms with Crippen molar-refractivity contribution in [2.45, 2.75) is 13.3 Å². The van der Waals surface area contributed by atoms with Crippen LogP contribution in [-0.4, -0.2) is 18.4 Å². The van der Waals surface area contributed by atoms with Gasteiger partial charge < -0.3 is 15.4 Å². The summed E-state index contributed by atoms with van der Waals surface area (Å²) in [4.78, 5) is 23.6. The van der Waals surface area contributed by atoms with Crippen LogP contribution in [0.3, 0.4) is 0 Å². The Morgan fingerprint density at radius 1 is 1.23 bits per heavy atom. The maximum absolute atomic E-state index is 12.3. The Balaban J connectivity index is 1.72. The lowest BCUT2D eigenvalue weighted by Gasteiger charge is -2.08. The van der Waals surface area contributed by atoms with E-state index in [1.54, 1.807) is 30.3 Å². The van der Waals surface area contributed by atoms with E-state index in [-0.39, 0.29) is 11.8 Å². The molecule has 0 aliphatic carbocycles. The van der Waals surface area contributed by atoms with Crippen molar-refractivity contribution in [2.75, 3.05) is 17.2 Å². The Bertz CT molecular complexity index is 723. The van der Waals surface area contributed by atoms with Crippen molar-refractivity contribution >= 4 is 23.2 Å². The van der Waals surface area contributed by atoms with E-state index in [1.807, 2.05) is 19.1 Å². The SMILES string of the molecule is CCOc1ccc(NC(=O)c2ccc3c(c2)CC(=O)N3)cc1. The summed E-state index contributed by atoms with van der Waals surface area (Å²) in [5.41, 5.74) is 2.86. The fourth-order valence-electron chi connectivity index (χ4n) is 2.37. The summed E-state index contributed by atoms with van der Waals surface area (Å²) in [7, 11) is 0. The molecular weight excluding hydrogens is 280 g/mol. The van der Waals surface area contributed by atoms with E-state index in [0.29, 0.717) is 24.3 Å². The first kappa shape index (κ1) is 14.1. The van der Waals surface area contributed by atoms with Gasteiger partial charge in [-0.2, -0.15) is 0 Å². The minimum Gasteiger partial charge on any atom is -0.494 e. The molecular formula is C17H16N2O3. The molecule has 5 nitrogen and oxygen atoms in total. The first-order valence-electron chi connectivity index (χ1n) is 7.12. The first-order chi connectivity index (χ1) is 10.7. The van der Waals surface area contributed by atoms with Crippen LogP contribution in [0.1, 0.15) is 22.8 Å². The maximum Gasteiger partial charge on any atom is 0.255 e. The number of amides is 2. The van der Waals surface area contributed by atoms with E-state index in [9.17, 15) is 9.59 Å². The lowest BCUT2D eigenvalue weighted by molar-refractivity contribution is -0.115. The van der Waals surface area contributed by atoms with Gasteiger partial charge in [0.05, 0.1) is 13.0 Å². The van der Waals surface area contributed by atoms with Gasteiger partial charge >= 0.3 is 0 Å². The third-order valence-corrected chi connectivity index (χ3v) is 3.42. The lowest BCUT2D eigenvalue weighted by Crippen LogP contribution is -2.12. The number of hydrogen-bond donors (Lipinski definition) is 2. The number of carbonyl (C=O) groups excluding carboxylic acids is 2. The van der Waals surface area contributed by atoms with Crippen LogP contribution in [0.15, 0.2) is 42.5 Å². The quantitative estimate of drug-likeness (QED) is 0.911. The Morgan fingerprint density at radius 2 is 2.00 bits per heavy atom. The van der Waals surface area contributed by atoms with Crippen molar-refractivity contribution in [3.8, 4) is 5.75 Å². The summed E-state index contributed by atoms with van der Waals surface area (Å²) < 4.78 is 5.36. The molecule has 0 bridgehead atoms. The largest absolute Gasteiger partial charge is 0.494 e. The van der Waals surface area contributed by atoms with Gasteiger partial charge in [-0.25, -0.2) is 0 Å². The van der Waals surface area contributed by atoms with E-state index >= 15 is 0 Å². The highest BCUT2D eigenvalue weighted by Crippen LogP contribution is 2.24. The molecule has 2 aromatic carbocycles. The molecule has 2 N–H and O–H groups in total. The zero-order valence-electron chi connectivity index (χ0n) is 12.2. The Kier molecular flexibility index (Phi) is 3.78. The molecule has 0 saturated carbocycles. The summed E-state index contributed by atoms with van der Waals surface area (Å²) in [6.45, 7) is 2.52. The summed E-state index contributed by atoms with van der Waals surface area (Å²) in [6.07, 6.45) is 0.319. The van der Waals surface area contributed by atoms with Crippen LogP contribution in [0.5, 0.6) is 5.75 Å². The third kappa shape index (κ3) is 2.93. The molecule has 1 aliphatic heterocycles. The average molecular weight is 296 g/mol. The average Bonchev–Trinajstić information content (AvgIpc) is 2.88. The van der Waals surface area contributed by atoms with Crippen molar-refractivity contribution in [2.24, 2.45) is 0 Å². The monoisotopic (exact) mass is 296 g/mol. The van der Waals surface area contributed by atoms with Crippen LogP contribution in [0.2, 0.25) is 0 Å². The van der Waals surface area contributed by atoms with E-state index in [2.05, 4.69) is 10.6 Å². The van der Waals surface area contributed by atoms with Crippen LogP contribution in [0, 0.1) is 0 Å². The number of benzene rings is 2. The smallest absolute Gasteiger partial charge is 0.255 e. The summed E-state index contributed by atoms with van der Waals surface area (Å²) in [6, 6.07) is 12.4. The molecule has 2 amide bonds. The number of carbonyl (C=O) groups is 2. The van der Waals surface area contributed by atoms with Gasteiger partial charge in [-0.05, 0) is 55.0 Å². The predicted molar refractivity (Wildman–Crippen MR) is 84.3 cm³/mol. The summed E-state index contributed by atoms with van der Waals surface area (Å²) in [5, 5.41) is 5.58. The standard InChI is InChI=1S/C17H16N2O3/c1-2-22-14-6-4-13(5-7-14)18-17(21)11-3-8-15-12(9-11)10-16(20)19-15/h3-9H,2,10H2,1H3,(H,18,21)(H,19,20). The molecule has 112 valence electrons. The Morgan fingerprint density at radius 3 is 2.73 bits per heavy atom. The fraction of sp³-hybridized carbons (Fsp3) is 0.176. The molecule has 3 rings (SSSR count). The second kappa shape index (κ2) is 5.89. The van der Waals surface area contributed by atoms with Crippen LogP contribution in [-0.2, 0) is 11.2 Å². The molecule has 0 spiro atoms. The number of anilines is 2. The summed E-state index contributed by atoms with van der Waals surface area (Å²) >= 11 is 0. The van der Waals surface area contributed by atoms with Gasteiger partial charge in [0.15, 0.2) is 0 Å². The molecule has 0 radical (unpaired) electrons. The van der Waals surface area contributed by atoms with Crippen molar-refractivity contribution in [1.82, 2.24) is 0 Å². The van der Waals surface area contributed by atoms with Crippen LogP contribution in [0.25, 0.3) is 0 Å². The van der Waals surface area contributed by atoms with E-state index < -0.39 is 0 Å². The van der Waals surface area contributed by atoms with Crippen molar-refractivity contribution in [3.05, 3.63) is 53.6 Å². The number of nitrogens with one attached hydrogen (secondary N) is 2. The zero-order valence-corrected chi connectivity index (χ0v) is 12.2. The Labute approximate surface area is 128 Å². The highest BCUT2D eigenvalue weighted by atomic mass is 16.5. The minimum atomic E-state index is -0.202. The van der Waals surface area contributed by atoms with Crippen molar-refractivity contribution in [3.63, 3.8) is 0 Å². The molecule has 0 unspecified atom stereocenters. The molecule has 0 fully saturated rings. The maximum atomic E-state index is 12.3. The van der Waals surface area contributed by atoms with Gasteiger partial charge in [0.25, 0.3) is 5.91 Å². The van der Waals surface area contributed by atoms with Gasteiger partial charge in [0.2, 0.25) is 5.91 Å². The highest BCUT2D eigenvalue weighted by molar-refractivity contribution is 6.06. The molecule has 0 aromatic heterocycles. The number of fused-ring (bicyclic) bond motifs is 1. The minimum absolute atomic E-state index is 0.0425. The van der Waals surface area contributed by atoms with Gasteiger partial charge in [-0.3, -0.25) is 9.59 Å². The third-order valence-electron chi connectivity index (χ3n) is 3.42. The summed E-state index contributed by atoms with van der Waals surface area (Å²) in [5.74, 6) is 0.521. The predicted octanol–water partition coefficient (Wildman–Crippen LogP) is 2.83. The van der Waals surface area contributed by atoms with Gasteiger partial charge in [0.1, 0.15) is 5.75 Å². The highest BCUT2D eigenvalue weighted by Gasteiger charge is 2.19. The molecule has 0 saturated heterocycles. The van der Waals surface area contributed by atoms with Gasteiger partial charge in [-0.15, -0.1) is 0 Å². The number of rotatable bonds is 4. The zero-order chi connectivity index (χ0) is 15.5. The number of ether oxygens (including phenoxy) is 1. The second-order valence-corrected chi connectivity index (χ2v) is 5.01. The van der Waals surface area contributed by atoms with Crippen LogP contribution < -0.4 is 15.4 Å².